The Balaban J connectivity index is 2.07. The predicted molar refractivity (Wildman–Crippen MR) is 70.7 cm³/mol. The lowest BCUT2D eigenvalue weighted by Crippen LogP contribution is -2.68. The van der Waals surface area contributed by atoms with Crippen LogP contribution >= 0.6 is 0 Å². The van der Waals surface area contributed by atoms with Crippen molar-refractivity contribution in [3.8, 4) is 0 Å². The molecular formula is C12H23NO10. The van der Waals surface area contributed by atoms with Gasteiger partial charge in [0, 0.05) is 0 Å². The Morgan fingerprint density at radius 1 is 0.739 bits per heavy atom. The molecule has 2 heterocycles. The second-order valence-electron chi connectivity index (χ2n) is 5.68. The molecule has 23 heavy (non-hydrogen) atoms. The Labute approximate surface area is 131 Å². The predicted octanol–water partition coefficient (Wildman–Crippen LogP) is -5.82. The Bertz CT molecular complexity index is 349. The maximum atomic E-state index is 9.90. The van der Waals surface area contributed by atoms with Crippen molar-refractivity contribution in [1.82, 2.24) is 5.32 Å². The van der Waals surface area contributed by atoms with E-state index in [4.69, 9.17) is 19.7 Å². The van der Waals surface area contributed by atoms with Gasteiger partial charge in [0.05, 0.1) is 19.3 Å². The van der Waals surface area contributed by atoms with E-state index in [0.717, 1.165) is 0 Å². The summed E-state index contributed by atoms with van der Waals surface area (Å²) in [6.45, 7) is -1.20. The second-order valence-corrected chi connectivity index (χ2v) is 5.68. The summed E-state index contributed by atoms with van der Waals surface area (Å²) in [7, 11) is 0. The molecule has 9 N–H and O–H groups in total. The molecule has 2 fully saturated rings. The first-order valence-electron chi connectivity index (χ1n) is 7.18. The minimum atomic E-state index is -1.68. The van der Waals surface area contributed by atoms with Gasteiger partial charge in [-0.15, -0.1) is 0 Å². The van der Waals surface area contributed by atoms with Gasteiger partial charge in [-0.2, -0.15) is 0 Å². The molecule has 0 aromatic rings. The van der Waals surface area contributed by atoms with Crippen LogP contribution in [0.3, 0.4) is 0 Å². The van der Waals surface area contributed by atoms with E-state index in [-0.39, 0.29) is 0 Å². The molecule has 0 saturated carbocycles. The molecule has 2 aliphatic heterocycles. The minimum Gasteiger partial charge on any atom is -0.395 e. The number of hydrogen-bond acceptors (Lipinski definition) is 11. The van der Waals surface area contributed by atoms with Crippen LogP contribution in [0.4, 0.5) is 0 Å². The molecule has 2 rings (SSSR count). The van der Waals surface area contributed by atoms with Crippen LogP contribution in [0.15, 0.2) is 0 Å². The van der Waals surface area contributed by atoms with Crippen LogP contribution in [0, 0.1) is 0 Å². The number of piperidine rings is 1. The van der Waals surface area contributed by atoms with E-state index in [9.17, 15) is 30.6 Å². The normalized spacial score (nSPS) is 51.7. The van der Waals surface area contributed by atoms with E-state index in [1.54, 1.807) is 0 Å². The van der Waals surface area contributed by atoms with Gasteiger partial charge in [0.1, 0.15) is 49.0 Å². The average Bonchev–Trinajstić information content (AvgIpc) is 2.55. The van der Waals surface area contributed by atoms with Gasteiger partial charge in [-0.3, -0.25) is 5.32 Å². The number of hydrogen-bond donors (Lipinski definition) is 9. The van der Waals surface area contributed by atoms with Crippen molar-refractivity contribution in [2.45, 2.75) is 61.3 Å². The van der Waals surface area contributed by atoms with Gasteiger partial charge in [-0.1, -0.05) is 0 Å². The molecule has 0 amide bonds. The molecule has 2 saturated heterocycles. The summed E-state index contributed by atoms with van der Waals surface area (Å²) < 4.78 is 10.4. The van der Waals surface area contributed by atoms with Crippen molar-refractivity contribution in [3.63, 3.8) is 0 Å². The van der Waals surface area contributed by atoms with Crippen LogP contribution in [-0.4, -0.2) is 115 Å². The van der Waals surface area contributed by atoms with E-state index < -0.39 is 74.5 Å². The summed E-state index contributed by atoms with van der Waals surface area (Å²) >= 11 is 0. The lowest BCUT2D eigenvalue weighted by Gasteiger charge is -2.45. The maximum Gasteiger partial charge on any atom is 0.188 e. The SMILES string of the molecule is OC[C@H]1N[C@H](O[C@H]2O[C@H](CO)[C@@H](O)[C@H](O)[C@H]2O)[C@H](O)[C@@H](O)[C@@H]1O. The van der Waals surface area contributed by atoms with Crippen LogP contribution in [0.25, 0.3) is 0 Å². The fourth-order valence-electron chi connectivity index (χ4n) is 2.63. The molecule has 0 aromatic heterocycles. The van der Waals surface area contributed by atoms with Crippen molar-refractivity contribution < 1.29 is 50.3 Å². The van der Waals surface area contributed by atoms with Gasteiger partial charge in [0.15, 0.2) is 6.29 Å². The molecule has 0 aromatic carbocycles. The molecule has 11 nitrogen and oxygen atoms in total. The second kappa shape index (κ2) is 7.63. The number of rotatable bonds is 4. The molecule has 0 radical (unpaired) electrons. The van der Waals surface area contributed by atoms with E-state index in [1.165, 1.54) is 0 Å². The monoisotopic (exact) mass is 341 g/mol. The summed E-state index contributed by atoms with van der Waals surface area (Å²) in [4.78, 5) is 0. The Hall–Kier alpha value is -0.440. The quantitative estimate of drug-likeness (QED) is 0.236. The van der Waals surface area contributed by atoms with Crippen LogP contribution in [-0.2, 0) is 9.47 Å². The van der Waals surface area contributed by atoms with E-state index >= 15 is 0 Å². The maximum absolute atomic E-state index is 9.90. The van der Waals surface area contributed by atoms with E-state index in [1.807, 2.05) is 0 Å². The zero-order valence-corrected chi connectivity index (χ0v) is 12.1. The molecule has 136 valence electrons. The summed E-state index contributed by atoms with van der Waals surface area (Å²) in [6.07, 6.45) is -13.6. The third-order valence-electron chi connectivity index (χ3n) is 4.13. The standard InChI is InChI=1S/C12H23NO10/c14-1-3-5(16)7(18)9(20)11(13-3)23-12-10(21)8(19)6(17)4(2-15)22-12/h3-21H,1-2H2/t3-,4-,5-,6-,7+,8+,9-,10-,11-,12-/m1/s1. The Morgan fingerprint density at radius 3 is 1.91 bits per heavy atom. The lowest BCUT2D eigenvalue weighted by atomic mass is 9.95. The highest BCUT2D eigenvalue weighted by Crippen LogP contribution is 2.25. The molecule has 0 aliphatic carbocycles. The topological polar surface area (TPSA) is 192 Å². The number of nitrogens with one attached hydrogen (secondary N) is 1. The summed E-state index contributed by atoms with van der Waals surface area (Å²) in [5, 5.41) is 79.3. The molecule has 0 unspecified atom stereocenters. The van der Waals surface area contributed by atoms with Gasteiger partial charge in [0.25, 0.3) is 0 Å². The van der Waals surface area contributed by atoms with Gasteiger partial charge < -0.3 is 50.3 Å². The fraction of sp³-hybridized carbons (Fsp3) is 1.00. The Kier molecular flexibility index (Phi) is 6.27. The fourth-order valence-corrected chi connectivity index (χ4v) is 2.63. The van der Waals surface area contributed by atoms with Gasteiger partial charge >= 0.3 is 0 Å². The van der Waals surface area contributed by atoms with Crippen LogP contribution < -0.4 is 5.32 Å². The van der Waals surface area contributed by atoms with Gasteiger partial charge in [-0.25, -0.2) is 0 Å². The highest BCUT2D eigenvalue weighted by molar-refractivity contribution is 4.96. The highest BCUT2D eigenvalue weighted by Gasteiger charge is 2.48. The first kappa shape index (κ1) is 18.9. The van der Waals surface area contributed by atoms with E-state index in [0.29, 0.717) is 0 Å². The van der Waals surface area contributed by atoms with Crippen molar-refractivity contribution >= 4 is 0 Å². The van der Waals surface area contributed by atoms with E-state index in [2.05, 4.69) is 5.32 Å². The first-order valence-corrected chi connectivity index (χ1v) is 7.18. The summed E-state index contributed by atoms with van der Waals surface area (Å²) in [5.74, 6) is 0. The zero-order chi connectivity index (χ0) is 17.3. The smallest absolute Gasteiger partial charge is 0.188 e. The lowest BCUT2D eigenvalue weighted by molar-refractivity contribution is -0.328. The van der Waals surface area contributed by atoms with Crippen LogP contribution in [0.1, 0.15) is 0 Å². The van der Waals surface area contributed by atoms with Crippen molar-refractivity contribution in [3.05, 3.63) is 0 Å². The largest absolute Gasteiger partial charge is 0.395 e. The third kappa shape index (κ3) is 3.65. The number of aliphatic hydroxyl groups excluding tert-OH is 8. The molecule has 11 heteroatoms. The van der Waals surface area contributed by atoms with Crippen LogP contribution in [0.2, 0.25) is 0 Å². The van der Waals surface area contributed by atoms with Crippen LogP contribution in [0.5, 0.6) is 0 Å². The third-order valence-corrected chi connectivity index (χ3v) is 4.13. The summed E-state index contributed by atoms with van der Waals surface area (Å²) in [5.41, 5.74) is 0. The van der Waals surface area contributed by atoms with Gasteiger partial charge in [-0.05, 0) is 0 Å². The van der Waals surface area contributed by atoms with Crippen molar-refractivity contribution in [1.29, 1.82) is 0 Å². The summed E-state index contributed by atoms with van der Waals surface area (Å²) in [6, 6.07) is -0.997. The molecule has 10 atom stereocenters. The van der Waals surface area contributed by atoms with Crippen molar-refractivity contribution in [2.24, 2.45) is 0 Å². The van der Waals surface area contributed by atoms with Gasteiger partial charge in [0.2, 0.25) is 0 Å². The molecule has 0 bridgehead atoms. The number of aliphatic hydroxyl groups is 8. The zero-order valence-electron chi connectivity index (χ0n) is 12.1. The molecule has 0 spiro atoms. The minimum absolute atomic E-state index is 0.556. The first-order chi connectivity index (χ1) is 10.8. The average molecular weight is 341 g/mol. The highest BCUT2D eigenvalue weighted by atomic mass is 16.7. The number of ether oxygens (including phenoxy) is 2. The Morgan fingerprint density at radius 2 is 1.35 bits per heavy atom. The van der Waals surface area contributed by atoms with Crippen molar-refractivity contribution in [2.75, 3.05) is 13.2 Å². The molecular weight excluding hydrogens is 318 g/mol. The molecule has 2 aliphatic rings.